The monoisotopic (exact) mass is 431 g/mol. The second-order valence-electron chi connectivity index (χ2n) is 7.49. The number of carboxylic acids is 1. The molecular weight excluding hydrogens is 410 g/mol. The molecule has 158 valence electrons. The number of para-hydroxylation sites is 1. The molecule has 10 heteroatoms. The van der Waals surface area contributed by atoms with Crippen LogP contribution in [0.25, 0.3) is 0 Å². The van der Waals surface area contributed by atoms with Gasteiger partial charge in [-0.25, -0.2) is 9.78 Å². The van der Waals surface area contributed by atoms with Crippen molar-refractivity contribution >= 4 is 41.1 Å². The fourth-order valence-corrected chi connectivity index (χ4v) is 4.06. The molecule has 2 aliphatic rings. The minimum absolute atomic E-state index is 0.123. The smallest absolute Gasteiger partial charge is 0.331 e. The number of anilines is 3. The van der Waals surface area contributed by atoms with Gasteiger partial charge in [-0.15, -0.1) is 0 Å². The number of carbonyl (C=O) groups is 2. The van der Waals surface area contributed by atoms with Crippen molar-refractivity contribution in [3.05, 3.63) is 41.0 Å². The zero-order valence-corrected chi connectivity index (χ0v) is 16.9. The lowest BCUT2D eigenvalue weighted by atomic mass is 9.93. The zero-order valence-electron chi connectivity index (χ0n) is 16.2. The number of aliphatic carboxylic acids is 1. The van der Waals surface area contributed by atoms with Crippen molar-refractivity contribution in [3.63, 3.8) is 0 Å². The lowest BCUT2D eigenvalue weighted by molar-refractivity contribution is -0.135. The summed E-state index contributed by atoms with van der Waals surface area (Å²) in [7, 11) is 0. The highest BCUT2D eigenvalue weighted by Crippen LogP contribution is 2.34. The molecule has 0 saturated heterocycles. The van der Waals surface area contributed by atoms with Gasteiger partial charge >= 0.3 is 12.0 Å². The molecular formula is C20H22ClN5O4. The van der Waals surface area contributed by atoms with E-state index in [0.717, 1.165) is 17.7 Å². The average Bonchev–Trinajstić information content (AvgIpc) is 2.72. The van der Waals surface area contributed by atoms with E-state index in [1.807, 2.05) is 0 Å². The minimum atomic E-state index is -1.15. The van der Waals surface area contributed by atoms with Crippen LogP contribution < -0.4 is 15.1 Å². The Kier molecular flexibility index (Phi) is 5.74. The minimum Gasteiger partial charge on any atom is -0.480 e. The Morgan fingerprint density at radius 2 is 1.97 bits per heavy atom. The van der Waals surface area contributed by atoms with Crippen LogP contribution in [0.2, 0.25) is 5.02 Å². The molecule has 9 nitrogen and oxygen atoms in total. The van der Waals surface area contributed by atoms with Crippen LogP contribution in [-0.4, -0.2) is 50.9 Å². The van der Waals surface area contributed by atoms with E-state index < -0.39 is 18.5 Å². The third kappa shape index (κ3) is 4.17. The summed E-state index contributed by atoms with van der Waals surface area (Å²) in [5.41, 5.74) is 1.12. The van der Waals surface area contributed by atoms with Crippen LogP contribution in [0.15, 0.2) is 30.5 Å². The van der Waals surface area contributed by atoms with Crippen LogP contribution in [0.5, 0.6) is 0 Å². The number of halogens is 1. The predicted molar refractivity (Wildman–Crippen MR) is 112 cm³/mol. The number of nitrogens with zero attached hydrogens (tertiary/aromatic N) is 4. The first-order chi connectivity index (χ1) is 14.4. The first-order valence-electron chi connectivity index (χ1n) is 9.78. The summed E-state index contributed by atoms with van der Waals surface area (Å²) in [5, 5.41) is 22.6. The van der Waals surface area contributed by atoms with Crippen molar-refractivity contribution < 1.29 is 19.8 Å². The molecule has 0 bridgehead atoms. The summed E-state index contributed by atoms with van der Waals surface area (Å²) >= 11 is 6.26. The number of benzene rings is 1. The number of nitrogens with one attached hydrogen (secondary N) is 1. The molecule has 2 heterocycles. The number of amides is 2. The van der Waals surface area contributed by atoms with Gasteiger partial charge in [-0.3, -0.25) is 14.6 Å². The second kappa shape index (κ2) is 8.45. The first kappa shape index (κ1) is 20.4. The Morgan fingerprint density at radius 3 is 2.67 bits per heavy atom. The molecule has 2 aromatic rings. The summed E-state index contributed by atoms with van der Waals surface area (Å²) < 4.78 is 0. The van der Waals surface area contributed by atoms with E-state index in [4.69, 9.17) is 11.6 Å². The Hall–Kier alpha value is -2.91. The van der Waals surface area contributed by atoms with Crippen LogP contribution in [0.3, 0.4) is 0 Å². The highest BCUT2D eigenvalue weighted by Gasteiger charge is 2.35. The van der Waals surface area contributed by atoms with Crippen molar-refractivity contribution in [2.24, 2.45) is 0 Å². The summed E-state index contributed by atoms with van der Waals surface area (Å²) in [6.45, 7) is -0.344. The predicted octanol–water partition coefficient (Wildman–Crippen LogP) is 2.88. The largest absolute Gasteiger partial charge is 0.480 e. The maximum absolute atomic E-state index is 13.1. The summed E-state index contributed by atoms with van der Waals surface area (Å²) in [6.07, 6.45) is 4.33. The summed E-state index contributed by atoms with van der Waals surface area (Å²) in [6, 6.07) is 6.51. The number of hydrogen-bond donors (Lipinski definition) is 3. The van der Waals surface area contributed by atoms with E-state index in [0.29, 0.717) is 35.1 Å². The van der Waals surface area contributed by atoms with Crippen LogP contribution >= 0.6 is 11.6 Å². The van der Waals surface area contributed by atoms with Crippen molar-refractivity contribution in [1.29, 1.82) is 0 Å². The number of urea groups is 1. The van der Waals surface area contributed by atoms with Gasteiger partial charge in [-0.05, 0) is 37.8 Å². The van der Waals surface area contributed by atoms with E-state index in [-0.39, 0.29) is 24.5 Å². The normalized spacial score (nSPS) is 21.3. The van der Waals surface area contributed by atoms with Gasteiger partial charge < -0.3 is 15.5 Å². The summed E-state index contributed by atoms with van der Waals surface area (Å²) in [4.78, 5) is 36.0. The van der Waals surface area contributed by atoms with Gasteiger partial charge in [0.1, 0.15) is 12.4 Å². The Balaban J connectivity index is 1.64. The molecule has 1 aromatic carbocycles. The van der Waals surface area contributed by atoms with Crippen molar-refractivity contribution in [2.45, 2.75) is 44.4 Å². The van der Waals surface area contributed by atoms with E-state index in [9.17, 15) is 19.8 Å². The third-order valence-electron chi connectivity index (χ3n) is 5.35. The third-order valence-corrected chi connectivity index (χ3v) is 5.67. The Bertz CT molecular complexity index is 964. The number of carbonyl (C=O) groups excluding carboxylic acids is 1. The van der Waals surface area contributed by atoms with Crippen molar-refractivity contribution in [3.8, 4) is 0 Å². The number of rotatable bonds is 5. The quantitative estimate of drug-likeness (QED) is 0.665. The molecule has 1 aromatic heterocycles. The highest BCUT2D eigenvalue weighted by molar-refractivity contribution is 6.34. The van der Waals surface area contributed by atoms with E-state index in [1.54, 1.807) is 30.5 Å². The molecule has 0 radical (unpaired) electrons. The molecule has 0 atom stereocenters. The number of fused-ring (bicyclic) bond motifs is 1. The maximum Gasteiger partial charge on any atom is 0.331 e. The van der Waals surface area contributed by atoms with Gasteiger partial charge in [-0.2, -0.15) is 4.98 Å². The number of aliphatic hydroxyl groups is 1. The van der Waals surface area contributed by atoms with Gasteiger partial charge in [0.05, 0.1) is 23.4 Å². The number of carboxylic acid groups (broad SMARTS) is 1. The fourth-order valence-electron chi connectivity index (χ4n) is 3.83. The first-order valence-corrected chi connectivity index (χ1v) is 10.2. The molecule has 1 aliphatic heterocycles. The lowest BCUT2D eigenvalue weighted by Gasteiger charge is -2.36. The molecule has 1 fully saturated rings. The van der Waals surface area contributed by atoms with Gasteiger partial charge in [0.2, 0.25) is 5.95 Å². The molecule has 30 heavy (non-hydrogen) atoms. The number of aromatic nitrogens is 2. The maximum atomic E-state index is 13.1. The van der Waals surface area contributed by atoms with Gasteiger partial charge in [0.25, 0.3) is 0 Å². The van der Waals surface area contributed by atoms with Crippen molar-refractivity contribution in [1.82, 2.24) is 9.97 Å². The second-order valence-corrected chi connectivity index (χ2v) is 7.90. The fraction of sp³-hybridized carbons (Fsp3) is 0.400. The van der Waals surface area contributed by atoms with E-state index in [1.165, 1.54) is 4.90 Å². The molecule has 4 rings (SSSR count). The molecule has 1 saturated carbocycles. The number of aliphatic hydroxyl groups excluding tert-OH is 1. The highest BCUT2D eigenvalue weighted by atomic mass is 35.5. The Morgan fingerprint density at radius 1 is 1.23 bits per heavy atom. The van der Waals surface area contributed by atoms with Crippen LogP contribution in [0, 0.1) is 0 Å². The molecule has 0 unspecified atom stereocenters. The van der Waals surface area contributed by atoms with Gasteiger partial charge in [0, 0.05) is 17.8 Å². The molecule has 0 spiro atoms. The van der Waals surface area contributed by atoms with E-state index in [2.05, 4.69) is 15.3 Å². The van der Waals surface area contributed by atoms with Crippen LogP contribution in [-0.2, 0) is 11.3 Å². The lowest BCUT2D eigenvalue weighted by Crippen LogP contribution is -2.50. The summed E-state index contributed by atoms with van der Waals surface area (Å²) in [5.74, 6) is -0.534. The van der Waals surface area contributed by atoms with Crippen LogP contribution in [0.1, 0.15) is 31.2 Å². The Labute approximate surface area is 178 Å². The van der Waals surface area contributed by atoms with Crippen molar-refractivity contribution in [2.75, 3.05) is 21.7 Å². The van der Waals surface area contributed by atoms with Crippen LogP contribution in [0.4, 0.5) is 22.2 Å². The van der Waals surface area contributed by atoms with Gasteiger partial charge in [-0.1, -0.05) is 23.7 Å². The zero-order chi connectivity index (χ0) is 21.3. The topological polar surface area (TPSA) is 119 Å². The van der Waals surface area contributed by atoms with E-state index >= 15 is 0 Å². The molecule has 1 aliphatic carbocycles. The SMILES string of the molecule is O=C(O)CN1C(=O)N(c2ccccc2Cl)Cc2cnc(NC3CCC(O)CC3)nc21. The standard InChI is InChI=1S/C20H22ClN5O4/c21-15-3-1-2-4-16(15)25-10-12-9-22-19(23-13-5-7-14(27)8-6-13)24-18(12)26(20(25)30)11-17(28)29/h1-4,9,13-14,27H,5-8,10-11H2,(H,28,29)(H,22,23,24). The van der Waals surface area contributed by atoms with Gasteiger partial charge in [0.15, 0.2) is 0 Å². The molecule has 2 amide bonds. The number of hydrogen-bond acceptors (Lipinski definition) is 6. The molecule has 3 N–H and O–H groups in total. The average molecular weight is 432 g/mol.